The van der Waals surface area contributed by atoms with Crippen LogP contribution in [-0.4, -0.2) is 19.0 Å². The fraction of sp³-hybridized carbons (Fsp3) is 0.588. The normalized spacial score (nSPS) is 19.6. The van der Waals surface area contributed by atoms with Gasteiger partial charge in [-0.15, -0.1) is 0 Å². The molecule has 0 atom stereocenters. The molecule has 3 heteroatoms. The molecule has 0 radical (unpaired) electrons. The molecule has 0 unspecified atom stereocenters. The number of rotatable bonds is 4. The van der Waals surface area contributed by atoms with E-state index in [2.05, 4.69) is 30.5 Å². The molecule has 3 nitrogen and oxygen atoms in total. The van der Waals surface area contributed by atoms with Crippen LogP contribution in [0.25, 0.3) is 0 Å². The average Bonchev–Trinajstić information content (AvgIpc) is 3.25. The second-order valence-corrected chi connectivity index (χ2v) is 6.57. The van der Waals surface area contributed by atoms with E-state index < -0.39 is 0 Å². The van der Waals surface area contributed by atoms with Crippen molar-refractivity contribution >= 4 is 5.91 Å². The second-order valence-electron chi connectivity index (χ2n) is 6.57. The van der Waals surface area contributed by atoms with Crippen molar-refractivity contribution in [2.24, 2.45) is 11.3 Å². The van der Waals surface area contributed by atoms with Crippen LogP contribution in [0, 0.1) is 11.3 Å². The summed E-state index contributed by atoms with van der Waals surface area (Å²) in [6.45, 7) is 7.19. The Hall–Kier alpha value is -1.35. The predicted molar refractivity (Wildman–Crippen MR) is 80.7 cm³/mol. The van der Waals surface area contributed by atoms with Crippen LogP contribution in [0.1, 0.15) is 48.2 Å². The molecule has 20 heavy (non-hydrogen) atoms. The van der Waals surface area contributed by atoms with Gasteiger partial charge in [0.2, 0.25) is 0 Å². The van der Waals surface area contributed by atoms with Gasteiger partial charge in [-0.2, -0.15) is 0 Å². The van der Waals surface area contributed by atoms with Gasteiger partial charge in [0.05, 0.1) is 0 Å². The summed E-state index contributed by atoms with van der Waals surface area (Å²) >= 11 is 0. The fourth-order valence-corrected chi connectivity index (χ4v) is 3.22. The van der Waals surface area contributed by atoms with Gasteiger partial charge in [-0.05, 0) is 54.3 Å². The number of hydrogen-bond donors (Lipinski definition) is 2. The lowest BCUT2D eigenvalue weighted by molar-refractivity contribution is 0.0938. The maximum absolute atomic E-state index is 12.5. The van der Waals surface area contributed by atoms with Crippen molar-refractivity contribution in [3.05, 3.63) is 34.9 Å². The van der Waals surface area contributed by atoms with Crippen molar-refractivity contribution in [1.29, 1.82) is 0 Å². The van der Waals surface area contributed by atoms with Crippen LogP contribution >= 0.6 is 0 Å². The Labute approximate surface area is 121 Å². The highest BCUT2D eigenvalue weighted by Gasteiger charge is 2.45. The van der Waals surface area contributed by atoms with Gasteiger partial charge < -0.3 is 10.6 Å². The van der Waals surface area contributed by atoms with Crippen LogP contribution in [0.4, 0.5) is 0 Å². The molecule has 1 aliphatic carbocycles. The largest absolute Gasteiger partial charge is 0.351 e. The summed E-state index contributed by atoms with van der Waals surface area (Å²) in [5.41, 5.74) is 3.75. The summed E-state index contributed by atoms with van der Waals surface area (Å²) < 4.78 is 0. The van der Waals surface area contributed by atoms with Crippen molar-refractivity contribution in [1.82, 2.24) is 10.6 Å². The molecule has 1 saturated carbocycles. The van der Waals surface area contributed by atoms with E-state index in [1.807, 2.05) is 12.1 Å². The lowest BCUT2D eigenvalue weighted by Gasteiger charge is -2.22. The van der Waals surface area contributed by atoms with E-state index in [9.17, 15) is 4.79 Å². The zero-order valence-corrected chi connectivity index (χ0v) is 12.5. The maximum atomic E-state index is 12.5. The van der Waals surface area contributed by atoms with Crippen molar-refractivity contribution in [3.63, 3.8) is 0 Å². The summed E-state index contributed by atoms with van der Waals surface area (Å²) in [4.78, 5) is 12.5. The van der Waals surface area contributed by atoms with Gasteiger partial charge in [0, 0.05) is 18.7 Å². The van der Waals surface area contributed by atoms with Gasteiger partial charge in [0.15, 0.2) is 0 Å². The molecular formula is C17H24N2O. The zero-order chi connectivity index (χ0) is 14.2. The molecule has 1 amide bonds. The summed E-state index contributed by atoms with van der Waals surface area (Å²) in [5, 5.41) is 6.53. The molecule has 0 spiro atoms. The van der Waals surface area contributed by atoms with Crippen molar-refractivity contribution in [2.75, 3.05) is 13.1 Å². The van der Waals surface area contributed by atoms with E-state index >= 15 is 0 Å². The van der Waals surface area contributed by atoms with Gasteiger partial charge in [0.25, 0.3) is 5.91 Å². The Bertz CT molecular complexity index is 518. The third kappa shape index (κ3) is 2.47. The number of fused-ring (bicyclic) bond motifs is 1. The van der Waals surface area contributed by atoms with Crippen molar-refractivity contribution in [2.45, 2.75) is 39.7 Å². The van der Waals surface area contributed by atoms with Crippen molar-refractivity contribution < 1.29 is 4.79 Å². The Balaban J connectivity index is 1.72. The summed E-state index contributed by atoms with van der Waals surface area (Å²) in [5.74, 6) is 0.757. The Morgan fingerprint density at radius 1 is 1.40 bits per heavy atom. The first-order valence-electron chi connectivity index (χ1n) is 7.72. The maximum Gasteiger partial charge on any atom is 0.251 e. The first-order chi connectivity index (χ1) is 9.62. The highest BCUT2D eigenvalue weighted by molar-refractivity contribution is 5.96. The lowest BCUT2D eigenvalue weighted by Crippen LogP contribution is -2.34. The molecule has 2 aliphatic rings. The Morgan fingerprint density at radius 2 is 2.20 bits per heavy atom. The minimum absolute atomic E-state index is 0.107. The predicted octanol–water partition coefficient (Wildman–Crippen LogP) is 2.50. The third-order valence-corrected chi connectivity index (χ3v) is 5.10. The average molecular weight is 272 g/mol. The quantitative estimate of drug-likeness (QED) is 0.884. The summed E-state index contributed by atoms with van der Waals surface area (Å²) in [6, 6.07) is 6.08. The van der Waals surface area contributed by atoms with E-state index in [4.69, 9.17) is 0 Å². The highest BCUT2D eigenvalue weighted by Crippen LogP contribution is 2.51. The third-order valence-electron chi connectivity index (χ3n) is 5.10. The number of carbonyl (C=O) groups is 1. The molecule has 3 rings (SSSR count). The Kier molecular flexibility index (Phi) is 3.55. The monoisotopic (exact) mass is 272 g/mol. The zero-order valence-electron chi connectivity index (χ0n) is 12.5. The van der Waals surface area contributed by atoms with Crippen LogP contribution < -0.4 is 10.6 Å². The van der Waals surface area contributed by atoms with Crippen LogP contribution in [0.5, 0.6) is 0 Å². The molecule has 0 saturated heterocycles. The second kappa shape index (κ2) is 5.21. The SMILES string of the molecule is CC(C)C1(CNC(=O)c2cccc3c2CCNC3)CC1. The number of carbonyl (C=O) groups excluding carboxylic acids is 1. The van der Waals surface area contributed by atoms with Crippen LogP contribution in [0.3, 0.4) is 0 Å². The number of hydrogen-bond acceptors (Lipinski definition) is 2. The summed E-state index contributed by atoms with van der Waals surface area (Å²) in [6.07, 6.45) is 3.46. The van der Waals surface area contributed by atoms with Gasteiger partial charge >= 0.3 is 0 Å². The molecule has 0 aromatic heterocycles. The van der Waals surface area contributed by atoms with Crippen molar-refractivity contribution in [3.8, 4) is 0 Å². The van der Waals surface area contributed by atoms with Gasteiger partial charge in [-0.3, -0.25) is 4.79 Å². The van der Waals surface area contributed by atoms with Gasteiger partial charge in [-0.25, -0.2) is 0 Å². The van der Waals surface area contributed by atoms with Gasteiger partial charge in [0.1, 0.15) is 0 Å². The van der Waals surface area contributed by atoms with Crippen LogP contribution in [0.2, 0.25) is 0 Å². The number of amides is 1. The first kappa shape index (κ1) is 13.6. The first-order valence-corrected chi connectivity index (χ1v) is 7.72. The minimum atomic E-state index is 0.107. The topological polar surface area (TPSA) is 41.1 Å². The molecule has 1 fully saturated rings. The molecule has 108 valence electrons. The summed E-state index contributed by atoms with van der Waals surface area (Å²) in [7, 11) is 0. The van der Waals surface area contributed by atoms with E-state index in [1.54, 1.807) is 0 Å². The van der Waals surface area contributed by atoms with Gasteiger partial charge in [-0.1, -0.05) is 26.0 Å². The molecule has 1 aliphatic heterocycles. The number of benzene rings is 1. The molecular weight excluding hydrogens is 248 g/mol. The Morgan fingerprint density at radius 3 is 2.90 bits per heavy atom. The fourth-order valence-electron chi connectivity index (χ4n) is 3.22. The minimum Gasteiger partial charge on any atom is -0.351 e. The highest BCUT2D eigenvalue weighted by atomic mass is 16.1. The van der Waals surface area contributed by atoms with E-state index in [0.29, 0.717) is 11.3 Å². The van der Waals surface area contributed by atoms with Crippen LogP contribution in [0.15, 0.2) is 18.2 Å². The molecule has 1 aromatic rings. The van der Waals surface area contributed by atoms with Crippen LogP contribution in [-0.2, 0) is 13.0 Å². The molecule has 0 bridgehead atoms. The van der Waals surface area contributed by atoms with E-state index in [-0.39, 0.29) is 5.91 Å². The molecule has 1 heterocycles. The number of nitrogens with one attached hydrogen (secondary N) is 2. The van der Waals surface area contributed by atoms with E-state index in [1.165, 1.54) is 24.0 Å². The standard InChI is InChI=1S/C17H24N2O/c1-12(2)17(7-8-17)11-19-16(20)15-5-3-4-13-10-18-9-6-14(13)15/h3-5,12,18H,6-11H2,1-2H3,(H,19,20). The van der Waals surface area contributed by atoms with E-state index in [0.717, 1.165) is 31.6 Å². The smallest absolute Gasteiger partial charge is 0.251 e. The lowest BCUT2D eigenvalue weighted by atomic mass is 9.91. The molecule has 2 N–H and O–H groups in total. The molecule has 1 aromatic carbocycles.